The number of hydrogen-bond acceptors (Lipinski definition) is 3. The standard InChI is InChI=1S/C24H16NO.C18H18GeN.Ir/c1-16-12-13-25-22(14-16)21-9-5-8-20-19-11-10-18(15-23(19)26-24(20)21)17-6-3-2-4-7-17;1-19(2,3)15-11-12-18(20-13-15)17-10-6-8-14-7-4-5-9-16(14)17;/h2-8,10-15H,1H3;4-9,11-13H,1-3H3;/q2*-1;/i1D3;;. The van der Waals surface area contributed by atoms with Crippen LogP contribution in [0.15, 0.2) is 138 Å². The molecule has 0 aliphatic carbocycles. The number of pyridine rings is 2. The van der Waals surface area contributed by atoms with Gasteiger partial charge in [-0.25, -0.2) is 0 Å². The topological polar surface area (TPSA) is 38.9 Å². The van der Waals surface area contributed by atoms with Gasteiger partial charge in [0.2, 0.25) is 0 Å². The zero-order valence-electron chi connectivity index (χ0n) is 29.3. The number of benzene rings is 5. The largest absolute Gasteiger partial charge is 0 e. The van der Waals surface area contributed by atoms with Gasteiger partial charge in [-0.2, -0.15) is 0 Å². The van der Waals surface area contributed by atoms with E-state index in [1.165, 1.54) is 27.4 Å². The van der Waals surface area contributed by atoms with Crippen LogP contribution < -0.4 is 4.40 Å². The molecular weight excluding hydrogens is 813 g/mol. The number of hydrogen-bond donors (Lipinski definition) is 0. The van der Waals surface area contributed by atoms with E-state index in [-0.39, 0.29) is 25.7 Å². The molecule has 0 atom stereocenters. The Morgan fingerprint density at radius 1 is 0.660 bits per heavy atom. The Balaban J connectivity index is 0.000000181. The zero-order chi connectivity index (χ0) is 34.2. The summed E-state index contributed by atoms with van der Waals surface area (Å²) in [5.74, 6) is 7.17. The van der Waals surface area contributed by atoms with E-state index in [0.29, 0.717) is 16.8 Å². The number of aryl methyl sites for hydroxylation is 1. The van der Waals surface area contributed by atoms with Crippen molar-refractivity contribution in [3.63, 3.8) is 0 Å². The summed E-state index contributed by atoms with van der Waals surface area (Å²) >= 11 is -1.78. The number of nitrogens with zero attached hydrogens (tertiary/aromatic N) is 2. The Morgan fingerprint density at radius 2 is 1.45 bits per heavy atom. The van der Waals surface area contributed by atoms with Crippen molar-refractivity contribution in [3.05, 3.63) is 151 Å². The predicted octanol–water partition coefficient (Wildman–Crippen LogP) is 10.7. The maximum atomic E-state index is 7.66. The summed E-state index contributed by atoms with van der Waals surface area (Å²) in [5, 5.41) is 4.41. The molecule has 0 aliphatic heterocycles. The number of rotatable bonds is 4. The normalized spacial score (nSPS) is 12.4. The Hall–Kier alpha value is -4.35. The van der Waals surface area contributed by atoms with Crippen LogP contribution in [0.1, 0.15) is 9.68 Å². The minimum absolute atomic E-state index is 0. The first-order valence-electron chi connectivity index (χ1n) is 16.8. The van der Waals surface area contributed by atoms with E-state index in [1.54, 1.807) is 6.07 Å². The van der Waals surface area contributed by atoms with E-state index in [2.05, 4.69) is 112 Å². The molecule has 8 aromatic rings. The van der Waals surface area contributed by atoms with Crippen LogP contribution in [0.2, 0.25) is 17.3 Å². The molecule has 47 heavy (non-hydrogen) atoms. The van der Waals surface area contributed by atoms with Crippen molar-refractivity contribution in [2.75, 3.05) is 0 Å². The summed E-state index contributed by atoms with van der Waals surface area (Å²) < 4.78 is 30.6. The Labute approximate surface area is 296 Å². The van der Waals surface area contributed by atoms with Gasteiger partial charge in [0.15, 0.2) is 0 Å². The van der Waals surface area contributed by atoms with Crippen LogP contribution >= 0.6 is 0 Å². The van der Waals surface area contributed by atoms with Gasteiger partial charge < -0.3 is 9.40 Å². The van der Waals surface area contributed by atoms with E-state index in [0.717, 1.165) is 38.7 Å². The Kier molecular flexibility index (Phi) is 8.46. The number of furan rings is 1. The van der Waals surface area contributed by atoms with Crippen LogP contribution in [-0.4, -0.2) is 23.2 Å². The van der Waals surface area contributed by atoms with Gasteiger partial charge in [0.05, 0.1) is 5.58 Å². The van der Waals surface area contributed by atoms with Crippen LogP contribution in [0.4, 0.5) is 0 Å². The van der Waals surface area contributed by atoms with Crippen molar-refractivity contribution < 1.29 is 28.6 Å². The van der Waals surface area contributed by atoms with Crippen LogP contribution in [-0.2, 0) is 20.1 Å². The van der Waals surface area contributed by atoms with Gasteiger partial charge in [0.1, 0.15) is 5.58 Å². The third-order valence-electron chi connectivity index (χ3n) is 8.16. The molecule has 0 fully saturated rings. The van der Waals surface area contributed by atoms with E-state index in [4.69, 9.17) is 8.53 Å². The number of fused-ring (bicyclic) bond motifs is 4. The van der Waals surface area contributed by atoms with Crippen LogP contribution in [0, 0.1) is 19.0 Å². The van der Waals surface area contributed by atoms with Crippen LogP contribution in [0.25, 0.3) is 66.4 Å². The van der Waals surface area contributed by atoms with Crippen LogP contribution in [0.5, 0.6) is 0 Å². The first-order chi connectivity index (χ1) is 23.6. The van der Waals surface area contributed by atoms with Gasteiger partial charge in [0.25, 0.3) is 0 Å². The van der Waals surface area contributed by atoms with Gasteiger partial charge in [-0.3, -0.25) is 0 Å². The molecule has 0 N–H and O–H groups in total. The fraction of sp³-hybridized carbons (Fsp3) is 0.0952. The quantitative estimate of drug-likeness (QED) is 0.131. The Morgan fingerprint density at radius 3 is 2.23 bits per heavy atom. The average Bonchev–Trinajstić information content (AvgIpc) is 3.50. The van der Waals surface area contributed by atoms with Crippen molar-refractivity contribution in [2.45, 2.75) is 24.1 Å². The molecule has 0 saturated carbocycles. The summed E-state index contributed by atoms with van der Waals surface area (Å²) in [5.41, 5.74) is 7.16. The molecule has 0 spiro atoms. The fourth-order valence-electron chi connectivity index (χ4n) is 5.67. The maximum absolute atomic E-state index is 7.66. The maximum Gasteiger partial charge on any atom is 0 e. The second-order valence-corrected chi connectivity index (χ2v) is 23.0. The molecule has 1 radical (unpaired) electrons. The van der Waals surface area contributed by atoms with Gasteiger partial charge in [-0.15, -0.1) is 18.2 Å². The molecule has 0 amide bonds. The second kappa shape index (κ2) is 13.8. The van der Waals surface area contributed by atoms with Gasteiger partial charge in [-0.05, 0) is 35.8 Å². The smallest absolute Gasteiger partial charge is 0 e. The summed E-state index contributed by atoms with van der Waals surface area (Å²) in [6, 6.07) is 46.6. The zero-order valence-corrected chi connectivity index (χ0v) is 30.8. The van der Waals surface area contributed by atoms with E-state index in [9.17, 15) is 0 Å². The van der Waals surface area contributed by atoms with Gasteiger partial charge in [-0.1, -0.05) is 65.0 Å². The summed E-state index contributed by atoms with van der Waals surface area (Å²) in [7, 11) is 0. The molecule has 0 unspecified atom stereocenters. The summed E-state index contributed by atoms with van der Waals surface area (Å²) in [6.07, 6.45) is 3.57. The third kappa shape index (κ3) is 6.87. The minimum Gasteiger partial charge on any atom is 0 e. The van der Waals surface area contributed by atoms with E-state index < -0.39 is 20.1 Å². The number of aromatic nitrogens is 2. The molecule has 3 aromatic heterocycles. The molecule has 0 bridgehead atoms. The first kappa shape index (κ1) is 28.8. The molecule has 3 heterocycles. The van der Waals surface area contributed by atoms with E-state index >= 15 is 0 Å². The van der Waals surface area contributed by atoms with Crippen molar-refractivity contribution in [1.82, 2.24) is 9.97 Å². The molecular formula is C42H34GeIrN2O-2. The van der Waals surface area contributed by atoms with Crippen LogP contribution in [0.3, 0.4) is 0 Å². The summed E-state index contributed by atoms with van der Waals surface area (Å²) in [6.45, 7) is -2.19. The van der Waals surface area contributed by atoms with Gasteiger partial charge in [0, 0.05) is 35.8 Å². The molecule has 0 saturated heterocycles. The van der Waals surface area contributed by atoms with Crippen molar-refractivity contribution in [2.24, 2.45) is 0 Å². The fourth-order valence-corrected chi connectivity index (χ4v) is 7.84. The Bertz CT molecular complexity index is 2410. The van der Waals surface area contributed by atoms with Crippen molar-refractivity contribution in [1.29, 1.82) is 0 Å². The molecule has 5 aromatic carbocycles. The molecule has 233 valence electrons. The minimum atomic E-state index is -2.19. The molecule has 8 rings (SSSR count). The molecule has 0 aliphatic rings. The van der Waals surface area contributed by atoms with E-state index in [1.807, 2.05) is 42.5 Å². The monoisotopic (exact) mass is 852 g/mol. The second-order valence-electron chi connectivity index (χ2n) is 12.3. The first-order valence-corrected chi connectivity index (χ1v) is 22.7. The third-order valence-corrected chi connectivity index (χ3v) is 12.4. The summed E-state index contributed by atoms with van der Waals surface area (Å²) in [4.78, 5) is 9.05. The van der Waals surface area contributed by atoms with Crippen molar-refractivity contribution >= 4 is 50.4 Å². The molecule has 3 nitrogen and oxygen atoms in total. The SMILES string of the molecule is [2H]C([2H])([2H])c1ccnc(-c2[c-]ccc3c2oc2cc(-c4ccccc4)ccc23)c1.[CH3][Ge]([CH3])([CH3])[c]1ccc(-c2[c-]ccc3ccccc23)nc1.[Ir]. The molecule has 5 heteroatoms. The predicted molar refractivity (Wildman–Crippen MR) is 195 cm³/mol. The average molecular weight is 851 g/mol. The van der Waals surface area contributed by atoms with Gasteiger partial charge >= 0.3 is 123 Å². The van der Waals surface area contributed by atoms with Crippen molar-refractivity contribution in [3.8, 4) is 33.6 Å².